The number of aliphatic hydroxyl groups excluding tert-OH is 5. The average molecular weight is 1020 g/mol. The number of esters is 1. The van der Waals surface area contributed by atoms with E-state index in [2.05, 4.69) is 54.8 Å². The summed E-state index contributed by atoms with van der Waals surface area (Å²) in [6, 6.07) is -0.847. The molecule has 1 aliphatic heterocycles. The van der Waals surface area contributed by atoms with Crippen molar-refractivity contribution < 1.29 is 49.3 Å². The Labute approximate surface area is 439 Å². The molecular weight excluding hydrogens is 907 g/mol. The summed E-state index contributed by atoms with van der Waals surface area (Å²) in [6.45, 7) is 4.04. The standard InChI is InChI=1S/C61H109NO10/c1-3-5-7-9-11-13-14-15-16-17-18-19-23-26-29-33-37-41-45-49-57(66)70-50-46-42-38-34-30-27-24-21-20-22-25-28-32-36-40-44-48-56(65)62-53(54(64)47-43-39-35-31-12-10-8-6-4-2)52-71-61-60(69)59(68)58(67)55(51-63)72-61/h4,6,12,15-16,20,22,31,43,47,53-55,58-61,63-64,67-69H,3,5,7-11,13-14,17-19,21,23-30,32-42,44-46,48-52H2,1-2H3,(H,62,65)/b6-4+,16-15-,22-20-,31-12+,47-43+. The minimum absolute atomic E-state index is 0.0236. The van der Waals surface area contributed by atoms with Crippen molar-refractivity contribution in [1.29, 1.82) is 0 Å². The highest BCUT2D eigenvalue weighted by atomic mass is 16.7. The summed E-state index contributed by atoms with van der Waals surface area (Å²) in [4.78, 5) is 25.1. The second-order valence-corrected chi connectivity index (χ2v) is 20.3. The highest BCUT2D eigenvalue weighted by Crippen LogP contribution is 2.23. The molecule has 0 aromatic heterocycles. The number of carbonyl (C=O) groups is 2. The van der Waals surface area contributed by atoms with E-state index in [4.69, 9.17) is 14.2 Å². The third-order valence-corrected chi connectivity index (χ3v) is 13.6. The molecule has 7 unspecified atom stereocenters. The van der Waals surface area contributed by atoms with E-state index in [0.29, 0.717) is 25.9 Å². The van der Waals surface area contributed by atoms with Crippen LogP contribution in [0.5, 0.6) is 0 Å². The number of carbonyl (C=O) groups excluding carboxylic acids is 2. The first-order valence-corrected chi connectivity index (χ1v) is 29.5. The van der Waals surface area contributed by atoms with Crippen molar-refractivity contribution in [1.82, 2.24) is 5.32 Å². The summed E-state index contributed by atoms with van der Waals surface area (Å²) < 4.78 is 16.6. The maximum atomic E-state index is 13.0. The first-order valence-electron chi connectivity index (χ1n) is 29.5. The normalized spacial score (nSPS) is 19.5. The molecule has 0 aromatic rings. The maximum Gasteiger partial charge on any atom is 0.305 e. The van der Waals surface area contributed by atoms with Gasteiger partial charge in [0.1, 0.15) is 24.4 Å². The lowest BCUT2D eigenvalue weighted by Gasteiger charge is -2.40. The van der Waals surface area contributed by atoms with Crippen LogP contribution in [0.4, 0.5) is 0 Å². The van der Waals surface area contributed by atoms with Gasteiger partial charge in [-0.1, -0.05) is 196 Å². The van der Waals surface area contributed by atoms with Crippen LogP contribution in [0.25, 0.3) is 0 Å². The molecule has 1 aliphatic rings. The van der Waals surface area contributed by atoms with Gasteiger partial charge < -0.3 is 45.1 Å². The van der Waals surface area contributed by atoms with Gasteiger partial charge in [-0.15, -0.1) is 0 Å². The van der Waals surface area contributed by atoms with E-state index in [1.165, 1.54) is 128 Å². The van der Waals surface area contributed by atoms with Crippen molar-refractivity contribution in [2.24, 2.45) is 0 Å². The highest BCUT2D eigenvalue weighted by Gasteiger charge is 2.44. The highest BCUT2D eigenvalue weighted by molar-refractivity contribution is 5.76. The van der Waals surface area contributed by atoms with Crippen molar-refractivity contribution in [2.75, 3.05) is 19.8 Å². The molecular formula is C61H109NO10. The van der Waals surface area contributed by atoms with E-state index in [9.17, 15) is 35.1 Å². The van der Waals surface area contributed by atoms with Crippen molar-refractivity contribution in [2.45, 2.75) is 294 Å². The van der Waals surface area contributed by atoms with Crippen LogP contribution < -0.4 is 5.32 Å². The third kappa shape index (κ3) is 39.8. The van der Waals surface area contributed by atoms with E-state index >= 15 is 0 Å². The van der Waals surface area contributed by atoms with Gasteiger partial charge >= 0.3 is 5.97 Å². The summed E-state index contributed by atoms with van der Waals surface area (Å²) >= 11 is 0. The largest absolute Gasteiger partial charge is 0.466 e. The van der Waals surface area contributed by atoms with Gasteiger partial charge in [-0.2, -0.15) is 0 Å². The SMILES string of the molecule is C/C=C/CC/C=C/CC/C=C/C(O)C(COC1OC(CO)C(O)C(O)C1O)NC(=O)CCCCCCC/C=C\CCCCCCCCCOC(=O)CCCCCCCCCCC/C=C\CCCCCCCC. The molecule has 0 aromatic carbocycles. The molecule has 1 rings (SSSR count). The van der Waals surface area contributed by atoms with E-state index in [1.807, 2.05) is 19.1 Å². The lowest BCUT2D eigenvalue weighted by molar-refractivity contribution is -0.302. The molecule has 1 amide bonds. The van der Waals surface area contributed by atoms with Crippen LogP contribution in [0.1, 0.15) is 251 Å². The number of allylic oxidation sites excluding steroid dienone is 9. The molecule has 0 saturated carbocycles. The molecule has 1 fully saturated rings. The summed E-state index contributed by atoms with van der Waals surface area (Å²) in [5.41, 5.74) is 0. The number of hydrogen-bond donors (Lipinski definition) is 6. The van der Waals surface area contributed by atoms with E-state index in [-0.39, 0.29) is 18.5 Å². The second-order valence-electron chi connectivity index (χ2n) is 20.3. The Morgan fingerprint density at radius 1 is 0.528 bits per heavy atom. The van der Waals surface area contributed by atoms with Gasteiger partial charge in [0.2, 0.25) is 5.91 Å². The molecule has 7 atom stereocenters. The molecule has 1 heterocycles. The van der Waals surface area contributed by atoms with Gasteiger partial charge in [0, 0.05) is 12.8 Å². The first-order chi connectivity index (χ1) is 35.2. The number of amides is 1. The Bertz CT molecular complexity index is 1380. The van der Waals surface area contributed by atoms with Gasteiger partial charge in [0.05, 0.1) is 32.0 Å². The van der Waals surface area contributed by atoms with Crippen LogP contribution in [-0.4, -0.2) is 100 Å². The molecule has 0 aliphatic carbocycles. The van der Waals surface area contributed by atoms with E-state index in [1.54, 1.807) is 6.08 Å². The van der Waals surface area contributed by atoms with Crippen LogP contribution in [0.3, 0.4) is 0 Å². The molecule has 0 spiro atoms. The number of rotatable bonds is 50. The zero-order valence-electron chi connectivity index (χ0n) is 45.9. The van der Waals surface area contributed by atoms with Crippen molar-refractivity contribution >= 4 is 11.9 Å². The van der Waals surface area contributed by atoms with Crippen molar-refractivity contribution in [3.8, 4) is 0 Å². The van der Waals surface area contributed by atoms with E-state index in [0.717, 1.165) is 89.9 Å². The molecule has 418 valence electrons. The minimum Gasteiger partial charge on any atom is -0.466 e. The molecule has 6 N–H and O–H groups in total. The van der Waals surface area contributed by atoms with Crippen LogP contribution in [-0.2, 0) is 23.8 Å². The molecule has 0 radical (unpaired) electrons. The number of unbranched alkanes of at least 4 members (excludes halogenated alkanes) is 29. The number of nitrogens with one attached hydrogen (secondary N) is 1. The quantitative estimate of drug-likeness (QED) is 0.0195. The van der Waals surface area contributed by atoms with Gasteiger partial charge in [-0.05, 0) is 103 Å². The summed E-state index contributed by atoms with van der Waals surface area (Å²) in [5.74, 6) is -0.241. The minimum atomic E-state index is -1.59. The van der Waals surface area contributed by atoms with Crippen LogP contribution in [0.15, 0.2) is 60.8 Å². The van der Waals surface area contributed by atoms with Crippen LogP contribution >= 0.6 is 0 Å². The van der Waals surface area contributed by atoms with Gasteiger partial charge in [-0.25, -0.2) is 0 Å². The zero-order chi connectivity index (χ0) is 52.4. The average Bonchev–Trinajstić information content (AvgIpc) is 3.38. The first kappa shape index (κ1) is 67.4. The monoisotopic (exact) mass is 1020 g/mol. The lowest BCUT2D eigenvalue weighted by atomic mass is 9.99. The van der Waals surface area contributed by atoms with Crippen molar-refractivity contribution in [3.05, 3.63) is 60.8 Å². The van der Waals surface area contributed by atoms with Crippen molar-refractivity contribution in [3.63, 3.8) is 0 Å². The second kappa shape index (κ2) is 50.5. The zero-order valence-corrected chi connectivity index (χ0v) is 45.9. The van der Waals surface area contributed by atoms with Gasteiger partial charge in [0.15, 0.2) is 6.29 Å². The summed E-state index contributed by atoms with van der Waals surface area (Å²) in [7, 11) is 0. The van der Waals surface area contributed by atoms with Crippen LogP contribution in [0.2, 0.25) is 0 Å². The Morgan fingerprint density at radius 3 is 1.46 bits per heavy atom. The summed E-state index contributed by atoms with van der Waals surface area (Å²) in [6.07, 6.45) is 54.9. The Hall–Kier alpha value is -2.64. The topological polar surface area (TPSA) is 175 Å². The van der Waals surface area contributed by atoms with Gasteiger partial charge in [0.25, 0.3) is 0 Å². The fourth-order valence-corrected chi connectivity index (χ4v) is 8.93. The third-order valence-electron chi connectivity index (χ3n) is 13.6. The summed E-state index contributed by atoms with van der Waals surface area (Å²) in [5, 5.41) is 54.1. The van der Waals surface area contributed by atoms with Crippen LogP contribution in [0, 0.1) is 0 Å². The maximum absolute atomic E-state index is 13.0. The predicted molar refractivity (Wildman–Crippen MR) is 296 cm³/mol. The molecule has 11 nitrogen and oxygen atoms in total. The lowest BCUT2D eigenvalue weighted by Crippen LogP contribution is -2.60. The molecule has 0 bridgehead atoms. The molecule has 11 heteroatoms. The molecule has 1 saturated heterocycles. The number of aliphatic hydroxyl groups is 5. The smallest absolute Gasteiger partial charge is 0.305 e. The molecule has 72 heavy (non-hydrogen) atoms. The Kier molecular flexibility index (Phi) is 47.3. The fourth-order valence-electron chi connectivity index (χ4n) is 8.93. The Morgan fingerprint density at radius 2 is 0.958 bits per heavy atom. The fraction of sp³-hybridized carbons (Fsp3) is 0.803. The van der Waals surface area contributed by atoms with Gasteiger partial charge in [-0.3, -0.25) is 9.59 Å². The number of hydrogen-bond acceptors (Lipinski definition) is 10. The van der Waals surface area contributed by atoms with E-state index < -0.39 is 49.5 Å². The predicted octanol–water partition coefficient (Wildman–Crippen LogP) is 13.4. The Balaban J connectivity index is 2.04. The number of ether oxygens (including phenoxy) is 3.